The van der Waals surface area contributed by atoms with Crippen LogP contribution in [0.4, 0.5) is 5.69 Å². The molecule has 5 rings (SSSR count). The van der Waals surface area contributed by atoms with Gasteiger partial charge >= 0.3 is 5.97 Å². The number of halogens is 1. The number of non-ortho nitro benzene ring substituents is 1. The second-order valence-electron chi connectivity index (χ2n) is 11.7. The first kappa shape index (κ1) is 24.7. The molecule has 4 fully saturated rings. The van der Waals surface area contributed by atoms with Crippen molar-refractivity contribution in [3.8, 4) is 5.75 Å². The van der Waals surface area contributed by atoms with E-state index < -0.39 is 4.92 Å². The van der Waals surface area contributed by atoms with Crippen molar-refractivity contribution in [2.24, 2.45) is 39.7 Å². The number of ether oxygens (including phenoxy) is 1. The Labute approximate surface area is 215 Å². The monoisotopic (exact) mass is 546 g/mol. The Bertz CT molecular complexity index is 1030. The van der Waals surface area contributed by atoms with Crippen LogP contribution in [-0.4, -0.2) is 27.5 Å². The summed E-state index contributed by atoms with van der Waals surface area (Å²) < 4.78 is 5.80. The van der Waals surface area contributed by atoms with Gasteiger partial charge in [0.05, 0.1) is 15.5 Å². The standard InChI is InChI=1S/C27H35BrN2O5/c1-16(31)34-25-11-10-21-20-9-4-17-14-24(29-35-19-7-5-18(6-8-19)30(32)33)23(28)15-27(17,3)22(20)12-13-26(21,25)2/h5-8,17,20-23,25H,4,9-15H2,1-3H3/b29-24-/t17-,20-,21-,22-,23?,25-,26-,27-/m0/s1. The van der Waals surface area contributed by atoms with Gasteiger partial charge in [-0.05, 0) is 92.6 Å². The van der Waals surface area contributed by atoms with E-state index in [-0.39, 0.29) is 33.4 Å². The third kappa shape index (κ3) is 4.30. The van der Waals surface area contributed by atoms with E-state index in [2.05, 4.69) is 34.9 Å². The summed E-state index contributed by atoms with van der Waals surface area (Å²) in [5.74, 6) is 2.96. The highest BCUT2D eigenvalue weighted by atomic mass is 79.9. The van der Waals surface area contributed by atoms with E-state index in [1.54, 1.807) is 12.1 Å². The number of hydrogen-bond donors (Lipinski definition) is 0. The maximum atomic E-state index is 11.7. The summed E-state index contributed by atoms with van der Waals surface area (Å²) in [7, 11) is 0. The second-order valence-corrected chi connectivity index (χ2v) is 12.8. The normalized spacial score (nSPS) is 41.4. The molecule has 0 amide bonds. The number of hydrogen-bond acceptors (Lipinski definition) is 6. The molecule has 0 aliphatic heterocycles. The lowest BCUT2D eigenvalue weighted by atomic mass is 9.45. The molecule has 35 heavy (non-hydrogen) atoms. The van der Waals surface area contributed by atoms with E-state index in [0.717, 1.165) is 31.4 Å². The number of oxime groups is 1. The highest BCUT2D eigenvalue weighted by Gasteiger charge is 2.61. The zero-order chi connectivity index (χ0) is 25.0. The van der Waals surface area contributed by atoms with Crippen molar-refractivity contribution in [3.05, 3.63) is 34.4 Å². The molecular weight excluding hydrogens is 512 g/mol. The van der Waals surface area contributed by atoms with Gasteiger partial charge in [0.1, 0.15) is 6.10 Å². The molecule has 0 bridgehead atoms. The van der Waals surface area contributed by atoms with Gasteiger partial charge in [0, 0.05) is 24.5 Å². The van der Waals surface area contributed by atoms with Gasteiger partial charge in [-0.2, -0.15) is 0 Å². The molecule has 0 saturated heterocycles. The molecule has 0 radical (unpaired) electrons. The molecule has 1 aromatic rings. The van der Waals surface area contributed by atoms with Crippen LogP contribution in [0.1, 0.15) is 72.1 Å². The van der Waals surface area contributed by atoms with Crippen LogP contribution in [0, 0.1) is 44.6 Å². The van der Waals surface area contributed by atoms with Crippen LogP contribution in [-0.2, 0) is 9.53 Å². The number of nitro groups is 1. The van der Waals surface area contributed by atoms with Gasteiger partial charge in [0.15, 0.2) is 5.75 Å². The number of nitro benzene ring substituents is 1. The highest BCUT2D eigenvalue weighted by molar-refractivity contribution is 9.10. The molecule has 4 aliphatic rings. The third-order valence-electron chi connectivity index (χ3n) is 10.0. The fourth-order valence-electron chi connectivity index (χ4n) is 8.25. The van der Waals surface area contributed by atoms with Gasteiger partial charge in [-0.15, -0.1) is 0 Å². The number of carbonyl (C=O) groups excluding carboxylic acids is 1. The van der Waals surface area contributed by atoms with Crippen LogP contribution in [0.5, 0.6) is 5.75 Å². The average molecular weight is 547 g/mol. The Morgan fingerprint density at radius 1 is 1.09 bits per heavy atom. The predicted octanol–water partition coefficient (Wildman–Crippen LogP) is 6.68. The van der Waals surface area contributed by atoms with Crippen LogP contribution < -0.4 is 4.84 Å². The summed E-state index contributed by atoms with van der Waals surface area (Å²) in [5.41, 5.74) is 1.44. The van der Waals surface area contributed by atoms with Crippen molar-refractivity contribution in [1.29, 1.82) is 0 Å². The Kier molecular flexibility index (Phi) is 6.47. The maximum absolute atomic E-state index is 11.7. The molecule has 7 nitrogen and oxygen atoms in total. The van der Waals surface area contributed by atoms with Crippen LogP contribution in [0.3, 0.4) is 0 Å². The van der Waals surface area contributed by atoms with Crippen LogP contribution in [0.15, 0.2) is 29.4 Å². The Hall–Kier alpha value is -1.96. The Morgan fingerprint density at radius 3 is 2.49 bits per heavy atom. The lowest BCUT2D eigenvalue weighted by Gasteiger charge is -2.60. The average Bonchev–Trinajstić information content (AvgIpc) is 3.13. The highest BCUT2D eigenvalue weighted by Crippen LogP contribution is 2.66. The van der Waals surface area contributed by atoms with Gasteiger partial charge in [-0.3, -0.25) is 14.9 Å². The molecule has 0 N–H and O–H groups in total. The number of benzene rings is 1. The van der Waals surface area contributed by atoms with Crippen molar-refractivity contribution in [3.63, 3.8) is 0 Å². The van der Waals surface area contributed by atoms with Crippen LogP contribution in [0.25, 0.3) is 0 Å². The maximum Gasteiger partial charge on any atom is 0.302 e. The van der Waals surface area contributed by atoms with Gasteiger partial charge in [-0.25, -0.2) is 0 Å². The molecule has 0 heterocycles. The topological polar surface area (TPSA) is 91.0 Å². The van der Waals surface area contributed by atoms with Crippen molar-refractivity contribution in [2.45, 2.75) is 83.1 Å². The summed E-state index contributed by atoms with van der Waals surface area (Å²) in [6.45, 7) is 6.41. The van der Waals surface area contributed by atoms with Crippen molar-refractivity contribution in [2.75, 3.05) is 0 Å². The van der Waals surface area contributed by atoms with Gasteiger partial charge in [0.25, 0.3) is 5.69 Å². The number of fused-ring (bicyclic) bond motifs is 5. The van der Waals surface area contributed by atoms with Crippen molar-refractivity contribution >= 4 is 33.3 Å². The molecule has 1 aromatic carbocycles. The summed E-state index contributed by atoms with van der Waals surface area (Å²) in [5, 5.41) is 15.4. The SMILES string of the molecule is CC(=O)O[C@H]1CC[C@H]2[C@@H]3CC[C@H]4C/C(=N/Oc5ccc([N+](=O)[O-])cc5)C(Br)C[C@]4(C)[C@H]3CC[C@]12C. The molecule has 8 atom stereocenters. The largest absolute Gasteiger partial charge is 0.462 e. The molecule has 8 heteroatoms. The van der Waals surface area contributed by atoms with Crippen LogP contribution >= 0.6 is 15.9 Å². The molecule has 190 valence electrons. The lowest BCUT2D eigenvalue weighted by Crippen LogP contribution is -2.55. The van der Waals surface area contributed by atoms with E-state index >= 15 is 0 Å². The summed E-state index contributed by atoms with van der Waals surface area (Å²) >= 11 is 3.92. The zero-order valence-corrected chi connectivity index (χ0v) is 22.3. The van der Waals surface area contributed by atoms with E-state index in [9.17, 15) is 14.9 Å². The third-order valence-corrected chi connectivity index (χ3v) is 10.9. The Morgan fingerprint density at radius 2 is 1.80 bits per heavy atom. The first-order valence-corrected chi connectivity index (χ1v) is 13.8. The summed E-state index contributed by atoms with van der Waals surface area (Å²) in [4.78, 5) is 28.0. The summed E-state index contributed by atoms with van der Waals surface area (Å²) in [6, 6.07) is 6.05. The second kappa shape index (κ2) is 9.16. The zero-order valence-electron chi connectivity index (χ0n) is 20.7. The number of nitrogens with zero attached hydrogens (tertiary/aromatic N) is 2. The number of rotatable bonds is 4. The molecule has 4 aliphatic carbocycles. The fourth-order valence-corrected chi connectivity index (χ4v) is 9.22. The molecule has 0 aromatic heterocycles. The minimum atomic E-state index is -0.418. The van der Waals surface area contributed by atoms with Gasteiger partial charge in [0.2, 0.25) is 0 Å². The first-order chi connectivity index (χ1) is 16.6. The smallest absolute Gasteiger partial charge is 0.302 e. The minimum absolute atomic E-state index is 0.0404. The van der Waals surface area contributed by atoms with E-state index in [1.165, 1.54) is 44.7 Å². The molecule has 0 spiro atoms. The number of alkyl halides is 1. The first-order valence-electron chi connectivity index (χ1n) is 12.9. The quantitative estimate of drug-likeness (QED) is 0.182. The Balaban J connectivity index is 1.29. The lowest BCUT2D eigenvalue weighted by molar-refractivity contribution is -0.384. The molecule has 4 saturated carbocycles. The fraction of sp³-hybridized carbons (Fsp3) is 0.704. The predicted molar refractivity (Wildman–Crippen MR) is 137 cm³/mol. The van der Waals surface area contributed by atoms with Crippen LogP contribution in [0.2, 0.25) is 0 Å². The summed E-state index contributed by atoms with van der Waals surface area (Å²) in [6.07, 6.45) is 8.97. The minimum Gasteiger partial charge on any atom is -0.462 e. The van der Waals surface area contributed by atoms with Crippen molar-refractivity contribution in [1.82, 2.24) is 0 Å². The molecule has 1 unspecified atom stereocenters. The van der Waals surface area contributed by atoms with E-state index in [0.29, 0.717) is 29.4 Å². The van der Waals surface area contributed by atoms with Gasteiger partial charge in [-0.1, -0.05) is 34.9 Å². The number of carbonyl (C=O) groups is 1. The molecular formula is C27H35BrN2O5. The number of esters is 1. The van der Waals surface area contributed by atoms with E-state index in [1.807, 2.05) is 0 Å². The van der Waals surface area contributed by atoms with Gasteiger partial charge < -0.3 is 9.57 Å². The van der Waals surface area contributed by atoms with E-state index in [4.69, 9.17) is 9.57 Å². The van der Waals surface area contributed by atoms with Crippen molar-refractivity contribution < 1.29 is 19.3 Å².